The molecule has 3 heterocycles. The van der Waals surface area contributed by atoms with E-state index >= 15 is 0 Å². The van der Waals surface area contributed by atoms with Gasteiger partial charge in [-0.3, -0.25) is 9.59 Å². The molecule has 0 fully saturated rings. The minimum absolute atomic E-state index is 0.0639. The Morgan fingerprint density at radius 1 is 1.30 bits per heavy atom. The second-order valence-corrected chi connectivity index (χ2v) is 10.4. The number of aromatic nitrogens is 2. The number of anilines is 1. The van der Waals surface area contributed by atoms with Crippen molar-refractivity contribution in [3.63, 3.8) is 0 Å². The molecule has 0 saturated heterocycles. The van der Waals surface area contributed by atoms with Gasteiger partial charge in [-0.25, -0.2) is 4.98 Å². The zero-order valence-electron chi connectivity index (χ0n) is 17.8. The number of para-hydroxylation sites is 1. The van der Waals surface area contributed by atoms with Gasteiger partial charge in [-0.15, -0.1) is 23.1 Å². The van der Waals surface area contributed by atoms with Gasteiger partial charge in [-0.05, 0) is 31.0 Å². The number of rotatable bonds is 5. The van der Waals surface area contributed by atoms with Gasteiger partial charge in [0.05, 0.1) is 16.9 Å². The maximum absolute atomic E-state index is 12.7. The van der Waals surface area contributed by atoms with E-state index in [0.29, 0.717) is 22.7 Å². The molecule has 0 saturated carbocycles. The standard InChI is InChI=1S/C23H25N3O2S2/c1-13-14(2)30-22-20(13)21(28)24-19(25-22)12-29-11-15(27)10-18-23(3,4)16-8-6-7-9-17(16)26(18)5/h6-10H,11-12H2,1-5H3,(H,24,25,28). The van der Waals surface area contributed by atoms with Crippen LogP contribution in [0.4, 0.5) is 5.69 Å². The van der Waals surface area contributed by atoms with Crippen LogP contribution in [0, 0.1) is 13.8 Å². The zero-order valence-corrected chi connectivity index (χ0v) is 19.5. The van der Waals surface area contributed by atoms with Crippen LogP contribution in [-0.2, 0) is 16.0 Å². The smallest absolute Gasteiger partial charge is 0.259 e. The number of fused-ring (bicyclic) bond motifs is 2. The zero-order chi connectivity index (χ0) is 21.6. The van der Waals surface area contributed by atoms with Gasteiger partial charge >= 0.3 is 0 Å². The van der Waals surface area contributed by atoms with Crippen LogP contribution in [0.2, 0.25) is 0 Å². The minimum atomic E-state index is -0.210. The van der Waals surface area contributed by atoms with Gasteiger partial charge < -0.3 is 9.88 Å². The van der Waals surface area contributed by atoms with Crippen molar-refractivity contribution in [2.75, 3.05) is 17.7 Å². The molecule has 7 heteroatoms. The number of ketones is 1. The molecule has 156 valence electrons. The third-order valence-corrected chi connectivity index (χ3v) is 7.88. The summed E-state index contributed by atoms with van der Waals surface area (Å²) in [5.74, 6) is 1.52. The number of nitrogens with zero attached hydrogens (tertiary/aromatic N) is 2. The van der Waals surface area contributed by atoms with Crippen LogP contribution in [0.1, 0.15) is 35.7 Å². The Balaban J connectivity index is 1.46. The first-order valence-corrected chi connectivity index (χ1v) is 11.8. The van der Waals surface area contributed by atoms with E-state index in [2.05, 4.69) is 40.8 Å². The van der Waals surface area contributed by atoms with Gasteiger partial charge in [-0.1, -0.05) is 32.0 Å². The number of nitrogens with one attached hydrogen (secondary N) is 1. The maximum Gasteiger partial charge on any atom is 0.259 e. The Morgan fingerprint density at radius 2 is 2.03 bits per heavy atom. The van der Waals surface area contributed by atoms with Crippen LogP contribution in [0.3, 0.4) is 0 Å². The lowest BCUT2D eigenvalue weighted by atomic mass is 9.83. The molecule has 1 N–H and O–H groups in total. The van der Waals surface area contributed by atoms with Crippen molar-refractivity contribution in [3.05, 3.63) is 68.2 Å². The molecule has 3 aromatic rings. The molecule has 5 nitrogen and oxygen atoms in total. The minimum Gasteiger partial charge on any atom is -0.347 e. The lowest BCUT2D eigenvalue weighted by Gasteiger charge is -2.23. The summed E-state index contributed by atoms with van der Waals surface area (Å²) in [5.41, 5.74) is 4.07. The summed E-state index contributed by atoms with van der Waals surface area (Å²) < 4.78 is 0. The van der Waals surface area contributed by atoms with E-state index in [0.717, 1.165) is 26.7 Å². The molecule has 0 spiro atoms. The fraction of sp³-hybridized carbons (Fsp3) is 0.348. The Labute approximate surface area is 184 Å². The SMILES string of the molecule is Cc1sc2nc(CSCC(=O)C=C3N(C)c4ccccc4C3(C)C)[nH]c(=O)c2c1C. The number of benzene rings is 1. The number of carbonyl (C=O) groups excluding carboxylic acids is 1. The molecular weight excluding hydrogens is 414 g/mol. The summed E-state index contributed by atoms with van der Waals surface area (Å²) in [4.78, 5) is 36.5. The summed E-state index contributed by atoms with van der Waals surface area (Å²) in [5, 5.41) is 0.679. The Bertz CT molecular complexity index is 1240. The van der Waals surface area contributed by atoms with Crippen molar-refractivity contribution >= 4 is 44.8 Å². The molecule has 0 unspecified atom stereocenters. The first-order chi connectivity index (χ1) is 14.2. The highest BCUT2D eigenvalue weighted by Gasteiger charge is 2.38. The van der Waals surface area contributed by atoms with Crippen LogP contribution in [0.25, 0.3) is 10.2 Å². The molecular formula is C23H25N3O2S2. The number of allylic oxidation sites excluding steroid dienone is 2. The van der Waals surface area contributed by atoms with Crippen molar-refractivity contribution in [2.45, 2.75) is 38.9 Å². The predicted octanol–water partition coefficient (Wildman–Crippen LogP) is 4.72. The number of aromatic amines is 1. The first kappa shape index (κ1) is 20.9. The maximum atomic E-state index is 12.7. The van der Waals surface area contributed by atoms with Gasteiger partial charge in [0.2, 0.25) is 0 Å². The number of hydrogen-bond donors (Lipinski definition) is 1. The molecule has 2 aromatic heterocycles. The van der Waals surface area contributed by atoms with Crippen LogP contribution in [0.15, 0.2) is 40.8 Å². The van der Waals surface area contributed by atoms with Crippen LogP contribution in [0.5, 0.6) is 0 Å². The van der Waals surface area contributed by atoms with Gasteiger partial charge in [0.25, 0.3) is 5.56 Å². The summed E-state index contributed by atoms with van der Waals surface area (Å²) >= 11 is 3.01. The van der Waals surface area contributed by atoms with E-state index in [-0.39, 0.29) is 16.8 Å². The number of H-pyrrole nitrogens is 1. The topological polar surface area (TPSA) is 66.1 Å². The lowest BCUT2D eigenvalue weighted by molar-refractivity contribution is -0.112. The van der Waals surface area contributed by atoms with Crippen LogP contribution >= 0.6 is 23.1 Å². The average molecular weight is 440 g/mol. The highest BCUT2D eigenvalue weighted by molar-refractivity contribution is 7.99. The normalized spacial score (nSPS) is 16.4. The third-order valence-electron chi connectivity index (χ3n) is 5.81. The number of hydrogen-bond acceptors (Lipinski definition) is 6. The molecule has 0 bridgehead atoms. The van der Waals surface area contributed by atoms with Gasteiger partial charge in [0.1, 0.15) is 10.7 Å². The van der Waals surface area contributed by atoms with E-state index in [4.69, 9.17) is 0 Å². The fourth-order valence-electron chi connectivity index (χ4n) is 4.07. The molecule has 30 heavy (non-hydrogen) atoms. The predicted molar refractivity (Wildman–Crippen MR) is 127 cm³/mol. The molecule has 0 aliphatic carbocycles. The van der Waals surface area contributed by atoms with Crippen molar-refractivity contribution in [1.82, 2.24) is 9.97 Å². The number of carbonyl (C=O) groups is 1. The summed E-state index contributed by atoms with van der Waals surface area (Å²) in [6.45, 7) is 8.25. The summed E-state index contributed by atoms with van der Waals surface area (Å²) in [6, 6.07) is 8.27. The van der Waals surface area contributed by atoms with Crippen molar-refractivity contribution < 1.29 is 4.79 Å². The van der Waals surface area contributed by atoms with E-state index in [1.807, 2.05) is 33.0 Å². The Kier molecular flexibility index (Phi) is 5.36. The van der Waals surface area contributed by atoms with Crippen molar-refractivity contribution in [3.8, 4) is 0 Å². The largest absolute Gasteiger partial charge is 0.347 e. The van der Waals surface area contributed by atoms with Gasteiger partial charge in [-0.2, -0.15) is 0 Å². The summed E-state index contributed by atoms with van der Waals surface area (Å²) in [6.07, 6.45) is 1.76. The van der Waals surface area contributed by atoms with Crippen LogP contribution < -0.4 is 10.5 Å². The number of thiophene rings is 1. The summed E-state index contributed by atoms with van der Waals surface area (Å²) in [7, 11) is 2.01. The number of thioether (sulfide) groups is 1. The molecule has 1 aromatic carbocycles. The van der Waals surface area contributed by atoms with Crippen LogP contribution in [-0.4, -0.2) is 28.6 Å². The van der Waals surface area contributed by atoms with Crippen molar-refractivity contribution in [2.24, 2.45) is 0 Å². The highest BCUT2D eigenvalue weighted by Crippen LogP contribution is 2.46. The lowest BCUT2D eigenvalue weighted by Crippen LogP contribution is -2.24. The Hall–Kier alpha value is -2.38. The molecule has 4 rings (SSSR count). The monoisotopic (exact) mass is 439 g/mol. The second-order valence-electron chi connectivity index (χ2n) is 8.17. The molecule has 1 aliphatic rings. The second kappa shape index (κ2) is 7.71. The fourth-order valence-corrected chi connectivity index (χ4v) is 5.83. The van der Waals surface area contributed by atoms with E-state index in [1.54, 1.807) is 6.08 Å². The van der Waals surface area contributed by atoms with E-state index in [1.165, 1.54) is 28.7 Å². The van der Waals surface area contributed by atoms with Gasteiger partial charge in [0, 0.05) is 34.8 Å². The van der Waals surface area contributed by atoms with Crippen molar-refractivity contribution in [1.29, 1.82) is 0 Å². The molecule has 0 amide bonds. The van der Waals surface area contributed by atoms with Gasteiger partial charge in [0.15, 0.2) is 5.78 Å². The Morgan fingerprint density at radius 3 is 2.77 bits per heavy atom. The molecule has 1 aliphatic heterocycles. The average Bonchev–Trinajstić information content (AvgIpc) is 3.08. The molecule has 0 atom stereocenters. The molecule has 0 radical (unpaired) electrons. The first-order valence-electron chi connectivity index (χ1n) is 9.85. The van der Waals surface area contributed by atoms with E-state index < -0.39 is 0 Å². The highest BCUT2D eigenvalue weighted by atomic mass is 32.2. The quantitative estimate of drug-likeness (QED) is 0.583. The van der Waals surface area contributed by atoms with E-state index in [9.17, 15) is 9.59 Å². The number of likely N-dealkylation sites (N-methyl/N-ethyl adjacent to an activating group) is 1. The number of aryl methyl sites for hydroxylation is 2. The third kappa shape index (κ3) is 3.50.